The number of halogens is 1. The maximum atomic E-state index is 12.5. The highest BCUT2D eigenvalue weighted by Gasteiger charge is 2.48. The van der Waals surface area contributed by atoms with E-state index in [2.05, 4.69) is 5.32 Å². The Bertz CT molecular complexity index is 1050. The van der Waals surface area contributed by atoms with Gasteiger partial charge in [0, 0.05) is 14.8 Å². The molecule has 2 aromatic carbocycles. The molecular formula is C24H23ClN2O5S. The number of rotatable bonds is 7. The van der Waals surface area contributed by atoms with Crippen molar-refractivity contribution in [3.8, 4) is 0 Å². The number of likely N-dealkylation sites (tertiary alicyclic amines) is 1. The summed E-state index contributed by atoms with van der Waals surface area (Å²) in [5.41, 5.74) is 0.576. The minimum Gasteiger partial charge on any atom is -0.454 e. The van der Waals surface area contributed by atoms with Crippen LogP contribution in [0.4, 0.5) is 5.69 Å². The van der Waals surface area contributed by atoms with Gasteiger partial charge in [-0.15, -0.1) is 0 Å². The Kier molecular flexibility index (Phi) is 7.35. The highest BCUT2D eigenvalue weighted by Crippen LogP contribution is 2.38. The van der Waals surface area contributed by atoms with Crippen LogP contribution in [0.1, 0.15) is 25.7 Å². The van der Waals surface area contributed by atoms with Crippen LogP contribution in [0.5, 0.6) is 0 Å². The molecular weight excluding hydrogens is 464 g/mol. The summed E-state index contributed by atoms with van der Waals surface area (Å²) in [7, 11) is 0. The summed E-state index contributed by atoms with van der Waals surface area (Å²) >= 11 is 7.39. The monoisotopic (exact) mass is 486 g/mol. The van der Waals surface area contributed by atoms with Gasteiger partial charge in [0.1, 0.15) is 6.54 Å². The van der Waals surface area contributed by atoms with Crippen molar-refractivity contribution in [2.45, 2.75) is 35.5 Å². The first-order chi connectivity index (χ1) is 15.9. The van der Waals surface area contributed by atoms with E-state index in [1.807, 2.05) is 24.3 Å². The van der Waals surface area contributed by atoms with Crippen LogP contribution in [0.25, 0.3) is 0 Å². The summed E-state index contributed by atoms with van der Waals surface area (Å²) in [4.78, 5) is 52.3. The van der Waals surface area contributed by atoms with Crippen molar-refractivity contribution in [3.63, 3.8) is 0 Å². The molecule has 2 fully saturated rings. The van der Waals surface area contributed by atoms with E-state index in [0.717, 1.165) is 27.5 Å². The number of nitrogens with one attached hydrogen (secondary N) is 1. The Morgan fingerprint density at radius 2 is 1.64 bits per heavy atom. The Balaban J connectivity index is 1.30. The van der Waals surface area contributed by atoms with E-state index in [-0.39, 0.29) is 23.7 Å². The van der Waals surface area contributed by atoms with Crippen molar-refractivity contribution in [2.24, 2.45) is 11.8 Å². The first-order valence-corrected chi connectivity index (χ1v) is 11.9. The third-order valence-corrected chi connectivity index (χ3v) is 7.12. The average molecular weight is 487 g/mol. The summed E-state index contributed by atoms with van der Waals surface area (Å²) in [6.45, 7) is -0.969. The van der Waals surface area contributed by atoms with Crippen molar-refractivity contribution in [3.05, 3.63) is 53.6 Å². The van der Waals surface area contributed by atoms with E-state index in [1.54, 1.807) is 24.3 Å². The van der Waals surface area contributed by atoms with Crippen LogP contribution >= 0.6 is 23.4 Å². The van der Waals surface area contributed by atoms with Crippen LogP contribution in [-0.4, -0.2) is 41.7 Å². The van der Waals surface area contributed by atoms with Gasteiger partial charge >= 0.3 is 5.97 Å². The van der Waals surface area contributed by atoms with E-state index in [9.17, 15) is 19.2 Å². The first-order valence-electron chi connectivity index (χ1n) is 10.8. The van der Waals surface area contributed by atoms with Gasteiger partial charge in [-0.05, 0) is 49.2 Å². The van der Waals surface area contributed by atoms with Gasteiger partial charge in [-0.3, -0.25) is 24.1 Å². The molecule has 1 saturated carbocycles. The second kappa shape index (κ2) is 10.4. The number of imide groups is 1. The summed E-state index contributed by atoms with van der Waals surface area (Å²) < 4.78 is 5.04. The van der Waals surface area contributed by atoms with Crippen LogP contribution in [0.2, 0.25) is 5.02 Å². The summed E-state index contributed by atoms with van der Waals surface area (Å²) in [6.07, 6.45) is 3.18. The summed E-state index contributed by atoms with van der Waals surface area (Å²) in [5.74, 6) is -2.55. The lowest BCUT2D eigenvalue weighted by atomic mass is 9.81. The molecule has 0 bridgehead atoms. The molecule has 3 amide bonds. The van der Waals surface area contributed by atoms with Crippen molar-refractivity contribution < 1.29 is 23.9 Å². The zero-order chi connectivity index (χ0) is 23.4. The largest absolute Gasteiger partial charge is 0.454 e. The van der Waals surface area contributed by atoms with E-state index < -0.39 is 25.0 Å². The second-order valence-electron chi connectivity index (χ2n) is 8.02. The van der Waals surface area contributed by atoms with Crippen LogP contribution in [0, 0.1) is 11.8 Å². The lowest BCUT2D eigenvalue weighted by Gasteiger charge is -2.19. The fraction of sp³-hybridized carbons (Fsp3) is 0.333. The van der Waals surface area contributed by atoms with Crippen molar-refractivity contribution in [2.75, 3.05) is 18.5 Å². The Hall–Kier alpha value is -2.84. The average Bonchev–Trinajstić information content (AvgIpc) is 3.05. The zero-order valence-electron chi connectivity index (χ0n) is 17.8. The van der Waals surface area contributed by atoms with Crippen molar-refractivity contribution >= 4 is 52.7 Å². The highest BCUT2D eigenvalue weighted by atomic mass is 35.5. The van der Waals surface area contributed by atoms with Gasteiger partial charge in [0.25, 0.3) is 5.91 Å². The van der Waals surface area contributed by atoms with Crippen molar-refractivity contribution in [1.29, 1.82) is 0 Å². The van der Waals surface area contributed by atoms with Crippen LogP contribution in [0.3, 0.4) is 0 Å². The topological polar surface area (TPSA) is 92.8 Å². The Labute approximate surface area is 200 Å². The SMILES string of the molecule is O=C(COC(=O)CN1C(=O)[C@@H]2CCCC[C@H]2C1=O)Nc1ccccc1Sc1ccc(Cl)cc1. The molecule has 1 saturated heterocycles. The molecule has 1 aliphatic carbocycles. The minimum atomic E-state index is -0.783. The molecule has 2 aromatic rings. The maximum absolute atomic E-state index is 12.5. The second-order valence-corrected chi connectivity index (χ2v) is 9.57. The normalized spacial score (nSPS) is 19.8. The number of carbonyl (C=O) groups is 4. The number of ether oxygens (including phenoxy) is 1. The fourth-order valence-corrected chi connectivity index (χ4v) is 5.21. The fourth-order valence-electron chi connectivity index (χ4n) is 4.18. The Morgan fingerprint density at radius 3 is 2.30 bits per heavy atom. The van der Waals surface area contributed by atoms with Crippen LogP contribution in [0.15, 0.2) is 58.3 Å². The molecule has 2 atom stereocenters. The molecule has 33 heavy (non-hydrogen) atoms. The lowest BCUT2D eigenvalue weighted by molar-refractivity contribution is -0.154. The van der Waals surface area contributed by atoms with E-state index >= 15 is 0 Å². The minimum absolute atomic E-state index is 0.306. The zero-order valence-corrected chi connectivity index (χ0v) is 19.4. The van der Waals surface area contributed by atoms with E-state index in [4.69, 9.17) is 16.3 Å². The molecule has 172 valence electrons. The third-order valence-electron chi connectivity index (χ3n) is 5.79. The van der Waals surface area contributed by atoms with Gasteiger partial charge in [-0.1, -0.05) is 48.3 Å². The molecule has 2 aliphatic rings. The number of nitrogens with zero attached hydrogens (tertiary/aromatic N) is 1. The van der Waals surface area contributed by atoms with E-state index in [0.29, 0.717) is 23.6 Å². The number of benzene rings is 2. The number of esters is 1. The molecule has 0 unspecified atom stereocenters. The summed E-state index contributed by atoms with van der Waals surface area (Å²) in [5, 5.41) is 3.38. The molecule has 1 N–H and O–H groups in total. The number of para-hydroxylation sites is 1. The molecule has 0 aromatic heterocycles. The summed E-state index contributed by atoms with van der Waals surface area (Å²) in [6, 6.07) is 14.6. The molecule has 0 radical (unpaired) electrons. The maximum Gasteiger partial charge on any atom is 0.326 e. The van der Waals surface area contributed by atoms with Gasteiger partial charge in [0.2, 0.25) is 11.8 Å². The number of fused-ring (bicyclic) bond motifs is 1. The van der Waals surface area contributed by atoms with Crippen LogP contribution < -0.4 is 5.32 Å². The lowest BCUT2D eigenvalue weighted by Crippen LogP contribution is -2.37. The number of hydrogen-bond donors (Lipinski definition) is 1. The number of carbonyl (C=O) groups excluding carboxylic acids is 4. The van der Waals surface area contributed by atoms with Crippen molar-refractivity contribution in [1.82, 2.24) is 4.90 Å². The first kappa shape index (κ1) is 23.3. The molecule has 7 nitrogen and oxygen atoms in total. The Morgan fingerprint density at radius 1 is 1.00 bits per heavy atom. The third kappa shape index (κ3) is 5.57. The standard InChI is InChI=1S/C24H23ClN2O5S/c25-15-9-11-16(12-10-15)33-20-8-4-3-7-19(20)26-21(28)14-32-22(29)13-27-23(30)17-5-1-2-6-18(17)24(27)31/h3-4,7-12,17-18H,1-2,5-6,13-14H2,(H,26,28)/t17-,18-/m1/s1. The molecule has 0 spiro atoms. The smallest absolute Gasteiger partial charge is 0.326 e. The number of amides is 3. The van der Waals surface area contributed by atoms with Gasteiger partial charge in [0.15, 0.2) is 6.61 Å². The highest BCUT2D eigenvalue weighted by molar-refractivity contribution is 7.99. The molecule has 4 rings (SSSR count). The molecule has 1 aliphatic heterocycles. The van der Waals surface area contributed by atoms with Gasteiger partial charge in [-0.2, -0.15) is 0 Å². The van der Waals surface area contributed by atoms with Gasteiger partial charge < -0.3 is 10.1 Å². The predicted octanol–water partition coefficient (Wildman–Crippen LogP) is 4.15. The molecule has 9 heteroatoms. The quantitative estimate of drug-likeness (QED) is 0.467. The molecule has 1 heterocycles. The van der Waals surface area contributed by atoms with E-state index in [1.165, 1.54) is 11.8 Å². The van der Waals surface area contributed by atoms with Gasteiger partial charge in [-0.25, -0.2) is 0 Å². The number of hydrogen-bond acceptors (Lipinski definition) is 6. The van der Waals surface area contributed by atoms with Gasteiger partial charge in [0.05, 0.1) is 17.5 Å². The number of anilines is 1. The van der Waals surface area contributed by atoms with Crippen LogP contribution in [-0.2, 0) is 23.9 Å². The predicted molar refractivity (Wildman–Crippen MR) is 124 cm³/mol.